The Hall–Kier alpha value is -2.27. The maximum absolute atomic E-state index is 11.9. The van der Waals surface area contributed by atoms with Crippen molar-refractivity contribution in [2.24, 2.45) is 0 Å². The Balaban J connectivity index is 2.01. The van der Waals surface area contributed by atoms with Crippen LogP contribution in [0.4, 0.5) is 5.69 Å². The second-order valence-corrected chi connectivity index (χ2v) is 5.07. The molecule has 0 bridgehead atoms. The molecule has 0 fully saturated rings. The van der Waals surface area contributed by atoms with Crippen LogP contribution in [0.1, 0.15) is 15.9 Å². The molecule has 0 aliphatic rings. The highest BCUT2D eigenvalue weighted by atomic mass is 35.5. The highest BCUT2D eigenvalue weighted by Crippen LogP contribution is 2.19. The largest absolute Gasteiger partial charge is 0.452 e. The Labute approximate surface area is 127 Å². The van der Waals surface area contributed by atoms with Crippen LogP contribution in [0.5, 0.6) is 0 Å². The van der Waals surface area contributed by atoms with Gasteiger partial charge >= 0.3 is 0 Å². The summed E-state index contributed by atoms with van der Waals surface area (Å²) in [4.78, 5) is 25.1. The minimum Gasteiger partial charge on any atom is -0.452 e. The molecular formula is C15H15ClN2O3. The Morgan fingerprint density at radius 2 is 1.86 bits per heavy atom. The molecule has 1 aromatic heterocycles. The summed E-state index contributed by atoms with van der Waals surface area (Å²) < 4.78 is 4.87. The quantitative estimate of drug-likeness (QED) is 0.944. The van der Waals surface area contributed by atoms with Gasteiger partial charge in [0.05, 0.1) is 18.2 Å². The average molecular weight is 307 g/mol. The Bertz CT molecular complexity index is 647. The van der Waals surface area contributed by atoms with Crippen molar-refractivity contribution in [3.8, 4) is 0 Å². The van der Waals surface area contributed by atoms with Crippen molar-refractivity contribution >= 4 is 29.1 Å². The van der Waals surface area contributed by atoms with Crippen molar-refractivity contribution in [1.82, 2.24) is 4.90 Å². The van der Waals surface area contributed by atoms with Crippen LogP contribution >= 0.6 is 11.6 Å². The smallest absolute Gasteiger partial charge is 0.260 e. The van der Waals surface area contributed by atoms with Gasteiger partial charge in [0.1, 0.15) is 0 Å². The van der Waals surface area contributed by atoms with Crippen LogP contribution in [0.3, 0.4) is 0 Å². The number of nitrogens with zero attached hydrogens (tertiary/aromatic N) is 1. The SMILES string of the molecule is CN(C)C(=O)Cc1ccc(NC(=O)c2ccoc2Cl)cc1. The van der Waals surface area contributed by atoms with Gasteiger partial charge in [-0.2, -0.15) is 0 Å². The first-order valence-corrected chi connectivity index (χ1v) is 6.68. The number of benzene rings is 1. The van der Waals surface area contributed by atoms with Crippen molar-refractivity contribution in [3.05, 3.63) is 52.9 Å². The average Bonchev–Trinajstić information content (AvgIpc) is 2.87. The number of likely N-dealkylation sites (N-methyl/N-ethyl adjacent to an activating group) is 1. The van der Waals surface area contributed by atoms with Gasteiger partial charge in [0.2, 0.25) is 11.1 Å². The third-order valence-electron chi connectivity index (χ3n) is 2.93. The van der Waals surface area contributed by atoms with Gasteiger partial charge < -0.3 is 14.6 Å². The third kappa shape index (κ3) is 3.86. The summed E-state index contributed by atoms with van der Waals surface area (Å²) in [6, 6.07) is 8.58. The molecule has 0 saturated heterocycles. The van der Waals surface area contributed by atoms with E-state index in [9.17, 15) is 9.59 Å². The summed E-state index contributed by atoms with van der Waals surface area (Å²) in [6.45, 7) is 0. The number of carbonyl (C=O) groups excluding carboxylic acids is 2. The predicted molar refractivity (Wildman–Crippen MR) is 80.5 cm³/mol. The standard InChI is InChI=1S/C15H15ClN2O3/c1-18(2)13(19)9-10-3-5-11(6-4-10)17-15(20)12-7-8-21-14(12)16/h3-8H,9H2,1-2H3,(H,17,20). The van der Waals surface area contributed by atoms with Crippen LogP contribution in [0.15, 0.2) is 41.0 Å². The molecule has 1 heterocycles. The van der Waals surface area contributed by atoms with Crippen LogP contribution in [-0.4, -0.2) is 30.8 Å². The van der Waals surface area contributed by atoms with Gasteiger partial charge in [-0.3, -0.25) is 9.59 Å². The summed E-state index contributed by atoms with van der Waals surface area (Å²) in [5, 5.41) is 2.77. The van der Waals surface area contributed by atoms with E-state index in [4.69, 9.17) is 16.0 Å². The Morgan fingerprint density at radius 3 is 2.38 bits per heavy atom. The fourth-order valence-corrected chi connectivity index (χ4v) is 1.89. The minimum absolute atomic E-state index is 0.0250. The summed E-state index contributed by atoms with van der Waals surface area (Å²) in [5.74, 6) is -0.317. The predicted octanol–water partition coefficient (Wildman–Crippen LogP) is 2.82. The molecule has 0 saturated carbocycles. The molecule has 5 nitrogen and oxygen atoms in total. The molecule has 0 aliphatic carbocycles. The zero-order valence-electron chi connectivity index (χ0n) is 11.7. The highest BCUT2D eigenvalue weighted by Gasteiger charge is 2.13. The molecule has 0 spiro atoms. The zero-order chi connectivity index (χ0) is 15.4. The van der Waals surface area contributed by atoms with E-state index in [1.807, 2.05) is 0 Å². The lowest BCUT2D eigenvalue weighted by Gasteiger charge is -2.10. The van der Waals surface area contributed by atoms with Gasteiger partial charge in [0.15, 0.2) is 0 Å². The van der Waals surface area contributed by atoms with E-state index in [1.165, 1.54) is 17.2 Å². The first-order valence-electron chi connectivity index (χ1n) is 6.31. The van der Waals surface area contributed by atoms with Crippen LogP contribution in [0.2, 0.25) is 5.22 Å². The van der Waals surface area contributed by atoms with Crippen molar-refractivity contribution in [1.29, 1.82) is 0 Å². The number of rotatable bonds is 4. The molecule has 110 valence electrons. The Kier molecular flexibility index (Phi) is 4.65. The number of amides is 2. The van der Waals surface area contributed by atoms with Gasteiger partial charge in [-0.1, -0.05) is 12.1 Å². The number of hydrogen-bond donors (Lipinski definition) is 1. The van der Waals surface area contributed by atoms with Gasteiger partial charge in [-0.25, -0.2) is 0 Å². The van der Waals surface area contributed by atoms with Crippen LogP contribution in [0, 0.1) is 0 Å². The van der Waals surface area contributed by atoms with E-state index in [-0.39, 0.29) is 22.6 Å². The highest BCUT2D eigenvalue weighted by molar-refractivity contribution is 6.32. The Morgan fingerprint density at radius 1 is 1.19 bits per heavy atom. The van der Waals surface area contributed by atoms with Crippen molar-refractivity contribution in [3.63, 3.8) is 0 Å². The van der Waals surface area contributed by atoms with Crippen molar-refractivity contribution in [2.45, 2.75) is 6.42 Å². The molecule has 0 atom stereocenters. The van der Waals surface area contributed by atoms with E-state index in [0.29, 0.717) is 12.1 Å². The van der Waals surface area contributed by atoms with Gasteiger partial charge in [-0.15, -0.1) is 0 Å². The number of furan rings is 1. The summed E-state index contributed by atoms with van der Waals surface area (Å²) in [7, 11) is 3.43. The molecule has 1 aromatic carbocycles. The zero-order valence-corrected chi connectivity index (χ0v) is 12.5. The molecule has 0 aliphatic heterocycles. The molecule has 6 heteroatoms. The number of nitrogens with one attached hydrogen (secondary N) is 1. The minimum atomic E-state index is -0.342. The molecule has 0 radical (unpaired) electrons. The van der Waals surface area contributed by atoms with Gasteiger partial charge in [0, 0.05) is 19.8 Å². The van der Waals surface area contributed by atoms with Crippen molar-refractivity contribution < 1.29 is 14.0 Å². The lowest BCUT2D eigenvalue weighted by atomic mass is 10.1. The normalized spacial score (nSPS) is 10.2. The summed E-state index contributed by atoms with van der Waals surface area (Å²) in [5.41, 5.74) is 1.79. The second kappa shape index (κ2) is 6.45. The van der Waals surface area contributed by atoms with Gasteiger partial charge in [-0.05, 0) is 35.4 Å². The molecule has 21 heavy (non-hydrogen) atoms. The molecule has 2 amide bonds. The van der Waals surface area contributed by atoms with E-state index in [1.54, 1.807) is 38.4 Å². The molecule has 2 rings (SSSR count). The molecule has 0 unspecified atom stereocenters. The summed E-state index contributed by atoms with van der Waals surface area (Å²) >= 11 is 5.74. The molecule has 2 aromatic rings. The fraction of sp³-hybridized carbons (Fsp3) is 0.200. The van der Waals surface area contributed by atoms with E-state index in [2.05, 4.69) is 5.32 Å². The van der Waals surface area contributed by atoms with Crippen LogP contribution < -0.4 is 5.32 Å². The monoisotopic (exact) mass is 306 g/mol. The maximum Gasteiger partial charge on any atom is 0.260 e. The number of anilines is 1. The summed E-state index contributed by atoms with van der Waals surface area (Å²) in [6.07, 6.45) is 1.68. The number of hydrogen-bond acceptors (Lipinski definition) is 3. The maximum atomic E-state index is 11.9. The second-order valence-electron chi connectivity index (χ2n) is 4.72. The van der Waals surface area contributed by atoms with Gasteiger partial charge in [0.25, 0.3) is 5.91 Å². The lowest BCUT2D eigenvalue weighted by molar-refractivity contribution is -0.127. The fourth-order valence-electron chi connectivity index (χ4n) is 1.69. The molecule has 1 N–H and O–H groups in total. The first kappa shape index (κ1) is 15.1. The lowest BCUT2D eigenvalue weighted by Crippen LogP contribution is -2.23. The van der Waals surface area contributed by atoms with E-state index >= 15 is 0 Å². The van der Waals surface area contributed by atoms with Crippen molar-refractivity contribution in [2.75, 3.05) is 19.4 Å². The van der Waals surface area contributed by atoms with Crippen LogP contribution in [-0.2, 0) is 11.2 Å². The first-order chi connectivity index (χ1) is 9.97. The number of halogens is 1. The van der Waals surface area contributed by atoms with E-state index in [0.717, 1.165) is 5.56 Å². The van der Waals surface area contributed by atoms with Crippen LogP contribution in [0.25, 0.3) is 0 Å². The number of carbonyl (C=O) groups is 2. The molecular weight excluding hydrogens is 292 g/mol. The van der Waals surface area contributed by atoms with E-state index < -0.39 is 0 Å². The third-order valence-corrected chi connectivity index (χ3v) is 3.22. The topological polar surface area (TPSA) is 62.6 Å².